The Kier molecular flexibility index (Phi) is 5.01. The molecule has 0 aliphatic heterocycles. The molecule has 2 N–H and O–H groups in total. The molecule has 0 saturated carbocycles. The Morgan fingerprint density at radius 3 is 2.69 bits per heavy atom. The van der Waals surface area contributed by atoms with Crippen LogP contribution in [0.25, 0.3) is 11.2 Å². The summed E-state index contributed by atoms with van der Waals surface area (Å²) in [6, 6.07) is 7.95. The van der Waals surface area contributed by atoms with Gasteiger partial charge in [-0.2, -0.15) is 10.1 Å². The van der Waals surface area contributed by atoms with Gasteiger partial charge >= 0.3 is 5.69 Å². The van der Waals surface area contributed by atoms with Crippen molar-refractivity contribution < 1.29 is 0 Å². The van der Waals surface area contributed by atoms with Gasteiger partial charge in [0.25, 0.3) is 5.56 Å². The SMILES string of the molecule is CCCCn1c(N/N=C/c2ccc(C)cc2)nc2c1c(=O)[nH]c(=O)n2C. The minimum absolute atomic E-state index is 0.336. The van der Waals surface area contributed by atoms with Gasteiger partial charge in [-0.1, -0.05) is 43.2 Å². The number of benzene rings is 1. The second-order valence-electron chi connectivity index (χ2n) is 6.21. The maximum absolute atomic E-state index is 12.3. The number of hydrogen-bond acceptors (Lipinski definition) is 5. The second kappa shape index (κ2) is 7.38. The topological polar surface area (TPSA) is 97.1 Å². The molecular formula is C18H22N6O2. The highest BCUT2D eigenvalue weighted by molar-refractivity contribution is 5.80. The summed E-state index contributed by atoms with van der Waals surface area (Å²) in [6.45, 7) is 4.70. The van der Waals surface area contributed by atoms with E-state index in [0.29, 0.717) is 23.7 Å². The summed E-state index contributed by atoms with van der Waals surface area (Å²) in [4.78, 5) is 30.8. The zero-order valence-corrected chi connectivity index (χ0v) is 15.1. The molecular weight excluding hydrogens is 332 g/mol. The van der Waals surface area contributed by atoms with Crippen LogP contribution in [-0.2, 0) is 13.6 Å². The lowest BCUT2D eigenvalue weighted by Gasteiger charge is -2.06. The van der Waals surface area contributed by atoms with Crippen LogP contribution in [0.3, 0.4) is 0 Å². The molecule has 0 atom stereocenters. The highest BCUT2D eigenvalue weighted by Gasteiger charge is 2.16. The van der Waals surface area contributed by atoms with E-state index in [1.54, 1.807) is 17.8 Å². The van der Waals surface area contributed by atoms with Crippen molar-refractivity contribution in [2.24, 2.45) is 12.1 Å². The predicted molar refractivity (Wildman–Crippen MR) is 103 cm³/mol. The van der Waals surface area contributed by atoms with E-state index in [-0.39, 0.29) is 0 Å². The highest BCUT2D eigenvalue weighted by Crippen LogP contribution is 2.16. The van der Waals surface area contributed by atoms with Gasteiger partial charge in [-0.05, 0) is 18.9 Å². The van der Waals surface area contributed by atoms with Gasteiger partial charge in [0.05, 0.1) is 6.21 Å². The van der Waals surface area contributed by atoms with Crippen molar-refractivity contribution in [2.45, 2.75) is 33.2 Å². The molecule has 0 bridgehead atoms. The van der Waals surface area contributed by atoms with Crippen LogP contribution in [0.5, 0.6) is 0 Å². The Balaban J connectivity index is 1.99. The third kappa shape index (κ3) is 3.44. The van der Waals surface area contributed by atoms with Crippen molar-refractivity contribution in [1.29, 1.82) is 0 Å². The summed E-state index contributed by atoms with van der Waals surface area (Å²) in [5.74, 6) is 0.434. The quantitative estimate of drug-likeness (QED) is 0.522. The van der Waals surface area contributed by atoms with Gasteiger partial charge in [-0.25, -0.2) is 10.2 Å². The van der Waals surface area contributed by atoms with Crippen LogP contribution in [0, 0.1) is 6.92 Å². The summed E-state index contributed by atoms with van der Waals surface area (Å²) < 4.78 is 3.09. The van der Waals surface area contributed by atoms with Gasteiger partial charge in [-0.15, -0.1) is 0 Å². The Labute approximate surface area is 150 Å². The second-order valence-corrected chi connectivity index (χ2v) is 6.21. The fraction of sp³-hybridized carbons (Fsp3) is 0.333. The maximum Gasteiger partial charge on any atom is 0.329 e. The number of H-pyrrole nitrogens is 1. The molecule has 3 aromatic rings. The number of nitrogens with zero attached hydrogens (tertiary/aromatic N) is 4. The third-order valence-corrected chi connectivity index (χ3v) is 4.20. The number of aromatic amines is 1. The van der Waals surface area contributed by atoms with Gasteiger partial charge in [0.1, 0.15) is 0 Å². The predicted octanol–water partition coefficient (Wildman–Crippen LogP) is 1.98. The van der Waals surface area contributed by atoms with Crippen LogP contribution in [-0.4, -0.2) is 25.3 Å². The molecule has 136 valence electrons. The summed E-state index contributed by atoms with van der Waals surface area (Å²) in [6.07, 6.45) is 3.53. The number of aromatic nitrogens is 4. The minimum atomic E-state index is -0.489. The lowest BCUT2D eigenvalue weighted by molar-refractivity contribution is 0.647. The number of aryl methyl sites for hydroxylation is 3. The van der Waals surface area contributed by atoms with E-state index in [0.717, 1.165) is 18.4 Å². The molecule has 3 rings (SSSR count). The molecule has 0 unspecified atom stereocenters. The van der Waals surface area contributed by atoms with Crippen LogP contribution in [0.1, 0.15) is 30.9 Å². The summed E-state index contributed by atoms with van der Waals surface area (Å²) in [5, 5.41) is 4.23. The fourth-order valence-electron chi connectivity index (χ4n) is 2.67. The third-order valence-electron chi connectivity index (χ3n) is 4.20. The number of anilines is 1. The monoisotopic (exact) mass is 354 g/mol. The first-order valence-corrected chi connectivity index (χ1v) is 8.56. The van der Waals surface area contributed by atoms with Crippen molar-refractivity contribution in [3.8, 4) is 0 Å². The van der Waals surface area contributed by atoms with E-state index in [9.17, 15) is 9.59 Å². The fourth-order valence-corrected chi connectivity index (χ4v) is 2.67. The molecule has 0 amide bonds. The highest BCUT2D eigenvalue weighted by atomic mass is 16.2. The Morgan fingerprint density at radius 1 is 1.27 bits per heavy atom. The zero-order valence-electron chi connectivity index (χ0n) is 15.1. The van der Waals surface area contributed by atoms with E-state index in [4.69, 9.17) is 0 Å². The molecule has 0 spiro atoms. The average Bonchev–Trinajstić information content (AvgIpc) is 2.99. The molecule has 8 nitrogen and oxygen atoms in total. The molecule has 0 fully saturated rings. The smallest absolute Gasteiger partial charge is 0.303 e. The lowest BCUT2D eigenvalue weighted by atomic mass is 10.2. The zero-order chi connectivity index (χ0) is 18.7. The molecule has 0 saturated heterocycles. The average molecular weight is 354 g/mol. The Morgan fingerprint density at radius 2 is 2.00 bits per heavy atom. The lowest BCUT2D eigenvalue weighted by Crippen LogP contribution is -2.29. The summed E-state index contributed by atoms with van der Waals surface area (Å²) in [7, 11) is 1.58. The van der Waals surface area contributed by atoms with Crippen LogP contribution in [0.2, 0.25) is 0 Å². The van der Waals surface area contributed by atoms with E-state index >= 15 is 0 Å². The van der Waals surface area contributed by atoms with Crippen LogP contribution in [0.4, 0.5) is 5.95 Å². The van der Waals surface area contributed by atoms with Crippen molar-refractivity contribution in [2.75, 3.05) is 5.43 Å². The number of unbranched alkanes of at least 4 members (excludes halogenated alkanes) is 1. The van der Waals surface area contributed by atoms with E-state index in [1.165, 1.54) is 10.1 Å². The maximum atomic E-state index is 12.3. The summed E-state index contributed by atoms with van der Waals surface area (Å²) in [5.41, 5.74) is 4.80. The minimum Gasteiger partial charge on any atom is -0.303 e. The summed E-state index contributed by atoms with van der Waals surface area (Å²) >= 11 is 0. The molecule has 2 heterocycles. The van der Waals surface area contributed by atoms with E-state index in [2.05, 4.69) is 27.4 Å². The first kappa shape index (κ1) is 17.7. The molecule has 0 aliphatic rings. The van der Waals surface area contributed by atoms with E-state index < -0.39 is 11.2 Å². The molecule has 1 aromatic carbocycles. The Bertz CT molecular complexity index is 1060. The van der Waals surface area contributed by atoms with Crippen LogP contribution in [0.15, 0.2) is 39.0 Å². The number of imidazole rings is 1. The number of fused-ring (bicyclic) bond motifs is 1. The molecule has 0 aliphatic carbocycles. The van der Waals surface area contributed by atoms with Gasteiger partial charge in [0.2, 0.25) is 5.95 Å². The molecule has 26 heavy (non-hydrogen) atoms. The van der Waals surface area contributed by atoms with Gasteiger partial charge in [-0.3, -0.25) is 14.3 Å². The first-order chi connectivity index (χ1) is 12.5. The van der Waals surface area contributed by atoms with Gasteiger partial charge < -0.3 is 4.57 Å². The van der Waals surface area contributed by atoms with E-state index in [1.807, 2.05) is 31.2 Å². The molecule has 0 radical (unpaired) electrons. The number of hydrogen-bond donors (Lipinski definition) is 2. The van der Waals surface area contributed by atoms with Crippen LogP contribution < -0.4 is 16.7 Å². The van der Waals surface area contributed by atoms with Crippen molar-refractivity contribution >= 4 is 23.3 Å². The standard InChI is InChI=1S/C18H22N6O2/c1-4-5-10-24-14-15(23(3)18(26)21-16(14)25)20-17(24)22-19-11-13-8-6-12(2)7-9-13/h6-9,11H,4-5,10H2,1-3H3,(H,20,22)(H,21,25,26)/b19-11+. The van der Waals surface area contributed by atoms with Crippen LogP contribution >= 0.6 is 0 Å². The number of hydrazone groups is 1. The van der Waals surface area contributed by atoms with Gasteiger partial charge in [0, 0.05) is 13.6 Å². The van der Waals surface area contributed by atoms with Crippen molar-refractivity contribution in [3.05, 3.63) is 56.2 Å². The first-order valence-electron chi connectivity index (χ1n) is 8.56. The number of nitrogens with one attached hydrogen (secondary N) is 2. The Hall–Kier alpha value is -3.16. The largest absolute Gasteiger partial charge is 0.329 e. The molecule has 8 heteroatoms. The normalized spacial score (nSPS) is 11.5. The van der Waals surface area contributed by atoms with Crippen molar-refractivity contribution in [1.82, 2.24) is 19.1 Å². The van der Waals surface area contributed by atoms with Crippen molar-refractivity contribution in [3.63, 3.8) is 0 Å². The molecule has 2 aromatic heterocycles. The number of rotatable bonds is 6. The van der Waals surface area contributed by atoms with Gasteiger partial charge in [0.15, 0.2) is 11.2 Å².